The Labute approximate surface area is 145 Å². The highest BCUT2D eigenvalue weighted by molar-refractivity contribution is 5.77. The molecule has 2 aliphatic rings. The highest BCUT2D eigenvalue weighted by Gasteiger charge is 2.24. The fourth-order valence-electron chi connectivity index (χ4n) is 4.37. The summed E-state index contributed by atoms with van der Waals surface area (Å²) in [6, 6.07) is 7.45. The Kier molecular flexibility index (Phi) is 4.35. The van der Waals surface area contributed by atoms with Crippen LogP contribution in [0.25, 0.3) is 11.0 Å². The molecule has 2 aromatic rings. The number of likely N-dealkylation sites (N-methyl/N-ethyl adjacent to an activating group) is 1. The third kappa shape index (κ3) is 2.86. The fourth-order valence-corrected chi connectivity index (χ4v) is 4.37. The van der Waals surface area contributed by atoms with Crippen LogP contribution < -0.4 is 5.32 Å². The normalized spacial score (nSPS) is 28.7. The number of benzene rings is 1. The molecule has 0 bridgehead atoms. The molecule has 24 heavy (non-hydrogen) atoms. The quantitative estimate of drug-likeness (QED) is 0.916. The van der Waals surface area contributed by atoms with E-state index in [0.29, 0.717) is 12.0 Å². The summed E-state index contributed by atoms with van der Waals surface area (Å²) in [4.78, 5) is 7.58. The Morgan fingerprint density at radius 3 is 2.83 bits per heavy atom. The topological polar surface area (TPSA) is 33.1 Å². The Morgan fingerprint density at radius 2 is 2.08 bits per heavy atom. The molecular formula is C20H30N4. The Bertz CT molecular complexity index is 712. The molecule has 0 radical (unpaired) electrons. The fraction of sp³-hybridized carbons (Fsp3) is 0.650. The molecule has 1 fully saturated rings. The Balaban J connectivity index is 1.65. The van der Waals surface area contributed by atoms with E-state index < -0.39 is 0 Å². The van der Waals surface area contributed by atoms with Crippen LogP contribution in [0, 0.1) is 5.92 Å². The molecule has 0 aliphatic carbocycles. The van der Waals surface area contributed by atoms with Gasteiger partial charge in [0, 0.05) is 31.6 Å². The molecular weight excluding hydrogens is 296 g/mol. The maximum absolute atomic E-state index is 5.04. The lowest BCUT2D eigenvalue weighted by Gasteiger charge is -2.28. The minimum Gasteiger partial charge on any atom is -0.326 e. The van der Waals surface area contributed by atoms with Gasteiger partial charge in [0.2, 0.25) is 0 Å². The van der Waals surface area contributed by atoms with Crippen LogP contribution in [0.2, 0.25) is 0 Å². The molecule has 1 N–H and O–H groups in total. The highest BCUT2D eigenvalue weighted by atomic mass is 15.2. The first-order valence-corrected chi connectivity index (χ1v) is 9.61. The molecule has 1 saturated heterocycles. The van der Waals surface area contributed by atoms with Crippen molar-refractivity contribution in [3.8, 4) is 0 Å². The predicted octanol–water partition coefficient (Wildman–Crippen LogP) is 3.54. The molecule has 0 spiro atoms. The summed E-state index contributed by atoms with van der Waals surface area (Å²) >= 11 is 0. The van der Waals surface area contributed by atoms with Gasteiger partial charge >= 0.3 is 0 Å². The molecule has 4 nitrogen and oxygen atoms in total. The number of hydrogen-bond donors (Lipinski definition) is 1. The maximum atomic E-state index is 5.04. The summed E-state index contributed by atoms with van der Waals surface area (Å²) in [6.07, 6.45) is 2.56. The molecule has 0 saturated carbocycles. The van der Waals surface area contributed by atoms with Crippen molar-refractivity contribution in [2.75, 3.05) is 26.2 Å². The van der Waals surface area contributed by atoms with E-state index in [1.807, 2.05) is 0 Å². The van der Waals surface area contributed by atoms with Gasteiger partial charge in [-0.2, -0.15) is 0 Å². The van der Waals surface area contributed by atoms with Crippen LogP contribution in [0.1, 0.15) is 57.0 Å². The zero-order valence-corrected chi connectivity index (χ0v) is 15.3. The molecule has 4 heteroatoms. The molecule has 2 aliphatic heterocycles. The van der Waals surface area contributed by atoms with E-state index in [1.165, 1.54) is 35.3 Å². The van der Waals surface area contributed by atoms with Crippen molar-refractivity contribution in [3.05, 3.63) is 29.6 Å². The number of imidazole rings is 1. The van der Waals surface area contributed by atoms with Crippen LogP contribution in [-0.2, 0) is 6.54 Å². The van der Waals surface area contributed by atoms with Crippen LogP contribution in [0.4, 0.5) is 0 Å². The lowest BCUT2D eigenvalue weighted by atomic mass is 9.92. The molecule has 130 valence electrons. The van der Waals surface area contributed by atoms with Crippen LogP contribution >= 0.6 is 0 Å². The predicted molar refractivity (Wildman–Crippen MR) is 99.4 cm³/mol. The van der Waals surface area contributed by atoms with Gasteiger partial charge in [-0.05, 0) is 49.5 Å². The standard InChI is InChI=1S/C20H30N4/c1-4-23-9-10-24-19-8-6-16(17-7-5-14(2)12-21-17)11-18(19)22-20(24)15(3)13-23/h6,8,11,14-15,17,21H,4-5,7,9-10,12-13H2,1-3H3/t14-,15?,17+/m0/s1. The van der Waals surface area contributed by atoms with Crippen molar-refractivity contribution < 1.29 is 0 Å². The monoisotopic (exact) mass is 326 g/mol. The van der Waals surface area contributed by atoms with Crippen molar-refractivity contribution in [2.24, 2.45) is 5.92 Å². The summed E-state index contributed by atoms with van der Waals surface area (Å²) in [7, 11) is 0. The summed E-state index contributed by atoms with van der Waals surface area (Å²) in [5, 5.41) is 3.70. The number of rotatable bonds is 2. The molecule has 1 aromatic heterocycles. The second-order valence-corrected chi connectivity index (χ2v) is 7.81. The Hall–Kier alpha value is -1.39. The van der Waals surface area contributed by atoms with Crippen LogP contribution in [0.5, 0.6) is 0 Å². The van der Waals surface area contributed by atoms with Gasteiger partial charge in [-0.25, -0.2) is 4.98 Å². The summed E-state index contributed by atoms with van der Waals surface area (Å²) in [6.45, 7) is 12.5. The molecule has 3 atom stereocenters. The van der Waals surface area contributed by atoms with E-state index in [4.69, 9.17) is 4.98 Å². The summed E-state index contributed by atoms with van der Waals surface area (Å²) in [5.41, 5.74) is 3.90. The minimum absolute atomic E-state index is 0.497. The third-order valence-corrected chi connectivity index (χ3v) is 5.92. The first-order valence-electron chi connectivity index (χ1n) is 9.61. The smallest absolute Gasteiger partial charge is 0.114 e. The third-order valence-electron chi connectivity index (χ3n) is 5.92. The van der Waals surface area contributed by atoms with E-state index >= 15 is 0 Å². The van der Waals surface area contributed by atoms with Gasteiger partial charge in [-0.1, -0.05) is 26.8 Å². The number of hydrogen-bond acceptors (Lipinski definition) is 3. The molecule has 0 amide bonds. The van der Waals surface area contributed by atoms with E-state index in [9.17, 15) is 0 Å². The number of nitrogens with one attached hydrogen (secondary N) is 1. The van der Waals surface area contributed by atoms with Crippen molar-refractivity contribution in [2.45, 2.75) is 52.1 Å². The first kappa shape index (κ1) is 16.1. The van der Waals surface area contributed by atoms with E-state index in [1.54, 1.807) is 0 Å². The lowest BCUT2D eigenvalue weighted by Crippen LogP contribution is -2.31. The van der Waals surface area contributed by atoms with E-state index in [0.717, 1.165) is 38.6 Å². The second kappa shape index (κ2) is 6.49. The van der Waals surface area contributed by atoms with Crippen molar-refractivity contribution in [1.82, 2.24) is 19.8 Å². The van der Waals surface area contributed by atoms with Crippen molar-refractivity contribution in [3.63, 3.8) is 0 Å². The van der Waals surface area contributed by atoms with Crippen molar-refractivity contribution >= 4 is 11.0 Å². The lowest BCUT2D eigenvalue weighted by molar-refractivity contribution is 0.281. The summed E-state index contributed by atoms with van der Waals surface area (Å²) in [5.74, 6) is 2.57. The number of piperidine rings is 1. The van der Waals surface area contributed by atoms with Gasteiger partial charge in [0.25, 0.3) is 0 Å². The number of aromatic nitrogens is 2. The van der Waals surface area contributed by atoms with Crippen LogP contribution in [0.15, 0.2) is 18.2 Å². The summed E-state index contributed by atoms with van der Waals surface area (Å²) < 4.78 is 2.45. The number of fused-ring (bicyclic) bond motifs is 3. The second-order valence-electron chi connectivity index (χ2n) is 7.81. The molecule has 3 heterocycles. The zero-order valence-electron chi connectivity index (χ0n) is 15.3. The van der Waals surface area contributed by atoms with Gasteiger partial charge in [-0.15, -0.1) is 0 Å². The van der Waals surface area contributed by atoms with E-state index in [-0.39, 0.29) is 0 Å². The zero-order chi connectivity index (χ0) is 16.7. The maximum Gasteiger partial charge on any atom is 0.114 e. The van der Waals surface area contributed by atoms with E-state index in [2.05, 4.69) is 53.8 Å². The van der Waals surface area contributed by atoms with Gasteiger partial charge in [0.1, 0.15) is 5.82 Å². The molecule has 4 rings (SSSR count). The van der Waals surface area contributed by atoms with Gasteiger partial charge in [0.05, 0.1) is 11.0 Å². The van der Waals surface area contributed by atoms with Crippen LogP contribution in [0.3, 0.4) is 0 Å². The molecule has 1 aromatic carbocycles. The first-order chi connectivity index (χ1) is 11.7. The van der Waals surface area contributed by atoms with Gasteiger partial charge < -0.3 is 14.8 Å². The minimum atomic E-state index is 0.497. The molecule has 1 unspecified atom stereocenters. The highest BCUT2D eigenvalue weighted by Crippen LogP contribution is 2.30. The average Bonchev–Trinajstić information content (AvgIpc) is 2.89. The number of nitrogens with zero attached hydrogens (tertiary/aromatic N) is 3. The average molecular weight is 326 g/mol. The SMILES string of the molecule is CCN1CCn2c(nc3cc([C@H]4CC[C@H](C)CN4)ccc32)C(C)C1. The van der Waals surface area contributed by atoms with Crippen molar-refractivity contribution in [1.29, 1.82) is 0 Å². The van der Waals surface area contributed by atoms with Gasteiger partial charge in [0.15, 0.2) is 0 Å². The largest absolute Gasteiger partial charge is 0.326 e. The Morgan fingerprint density at radius 1 is 1.21 bits per heavy atom. The van der Waals surface area contributed by atoms with Crippen LogP contribution in [-0.4, -0.2) is 40.6 Å². The van der Waals surface area contributed by atoms with Gasteiger partial charge in [-0.3, -0.25) is 0 Å².